The number of carbonyl (C=O) groups is 1. The number of anilines is 1. The first kappa shape index (κ1) is 14.8. The third-order valence-corrected chi connectivity index (χ3v) is 2.88. The van der Waals surface area contributed by atoms with E-state index in [0.29, 0.717) is 18.1 Å². The molecule has 1 aromatic heterocycles. The van der Waals surface area contributed by atoms with Gasteiger partial charge in [0.2, 0.25) is 5.88 Å². The van der Waals surface area contributed by atoms with Gasteiger partial charge in [-0.1, -0.05) is 6.07 Å². The Labute approximate surface area is 121 Å². The molecular formula is C15H15FN2O3. The van der Waals surface area contributed by atoms with Crippen LogP contribution in [0.1, 0.15) is 15.9 Å². The molecule has 0 aliphatic rings. The number of nitrogens with one attached hydrogen (secondary N) is 1. The second kappa shape index (κ2) is 6.69. The van der Waals surface area contributed by atoms with E-state index < -0.39 is 11.8 Å². The van der Waals surface area contributed by atoms with Crippen LogP contribution in [0.5, 0.6) is 5.88 Å². The summed E-state index contributed by atoms with van der Waals surface area (Å²) >= 11 is 0. The number of hydrogen-bond acceptors (Lipinski definition) is 5. The summed E-state index contributed by atoms with van der Waals surface area (Å²) in [7, 11) is 2.76. The first-order valence-electron chi connectivity index (χ1n) is 6.24. The summed E-state index contributed by atoms with van der Waals surface area (Å²) in [4.78, 5) is 15.5. The van der Waals surface area contributed by atoms with Gasteiger partial charge in [-0.25, -0.2) is 14.2 Å². The summed E-state index contributed by atoms with van der Waals surface area (Å²) < 4.78 is 23.0. The molecule has 1 N–H and O–H groups in total. The largest absolute Gasteiger partial charge is 0.481 e. The molecule has 0 aliphatic heterocycles. The Morgan fingerprint density at radius 2 is 2.10 bits per heavy atom. The van der Waals surface area contributed by atoms with Gasteiger partial charge in [0.05, 0.1) is 19.8 Å². The van der Waals surface area contributed by atoms with Crippen LogP contribution < -0.4 is 10.1 Å². The molecule has 0 radical (unpaired) electrons. The Morgan fingerprint density at radius 3 is 2.71 bits per heavy atom. The molecule has 110 valence electrons. The highest BCUT2D eigenvalue weighted by Gasteiger charge is 2.12. The minimum atomic E-state index is -0.706. The van der Waals surface area contributed by atoms with Crippen molar-refractivity contribution in [3.63, 3.8) is 0 Å². The Bertz CT molecular complexity index is 629. The van der Waals surface area contributed by atoms with Crippen molar-refractivity contribution in [2.75, 3.05) is 19.5 Å². The fraction of sp³-hybridized carbons (Fsp3) is 0.200. The zero-order chi connectivity index (χ0) is 15.2. The maximum atomic E-state index is 13.5. The molecular weight excluding hydrogens is 275 g/mol. The molecule has 21 heavy (non-hydrogen) atoms. The van der Waals surface area contributed by atoms with E-state index in [9.17, 15) is 9.18 Å². The molecule has 0 spiro atoms. The second-order valence-corrected chi connectivity index (χ2v) is 4.25. The number of hydrogen-bond donors (Lipinski definition) is 1. The first-order chi connectivity index (χ1) is 10.1. The lowest BCUT2D eigenvalue weighted by Gasteiger charge is -2.09. The van der Waals surface area contributed by atoms with Crippen LogP contribution in [0.2, 0.25) is 0 Å². The van der Waals surface area contributed by atoms with Crippen molar-refractivity contribution in [1.29, 1.82) is 0 Å². The molecule has 0 fully saturated rings. The highest BCUT2D eigenvalue weighted by Crippen LogP contribution is 2.17. The van der Waals surface area contributed by atoms with Gasteiger partial charge in [0, 0.05) is 24.5 Å². The van der Waals surface area contributed by atoms with E-state index in [1.807, 2.05) is 6.07 Å². The van der Waals surface area contributed by atoms with E-state index in [1.165, 1.54) is 19.2 Å². The molecule has 0 aliphatic carbocycles. The van der Waals surface area contributed by atoms with Crippen LogP contribution in [0, 0.1) is 5.82 Å². The summed E-state index contributed by atoms with van der Waals surface area (Å²) in [6.07, 6.45) is 1.68. The van der Waals surface area contributed by atoms with Crippen LogP contribution in [0.4, 0.5) is 10.1 Å². The van der Waals surface area contributed by atoms with Crippen molar-refractivity contribution < 1.29 is 18.7 Å². The molecule has 1 heterocycles. The highest BCUT2D eigenvalue weighted by molar-refractivity contribution is 5.90. The number of aromatic nitrogens is 1. The van der Waals surface area contributed by atoms with E-state index in [0.717, 1.165) is 5.56 Å². The molecule has 0 atom stereocenters. The summed E-state index contributed by atoms with van der Waals surface area (Å²) in [6.45, 7) is 0.489. The third-order valence-electron chi connectivity index (χ3n) is 2.88. The minimum absolute atomic E-state index is 0.102. The van der Waals surface area contributed by atoms with Gasteiger partial charge in [0.1, 0.15) is 5.82 Å². The lowest BCUT2D eigenvalue weighted by Crippen LogP contribution is -2.06. The maximum absolute atomic E-state index is 13.5. The first-order valence-corrected chi connectivity index (χ1v) is 6.24. The van der Waals surface area contributed by atoms with E-state index >= 15 is 0 Å². The molecule has 6 heteroatoms. The summed E-state index contributed by atoms with van der Waals surface area (Å²) in [6, 6.07) is 7.81. The lowest BCUT2D eigenvalue weighted by atomic mass is 10.2. The molecule has 1 aromatic carbocycles. The van der Waals surface area contributed by atoms with Crippen molar-refractivity contribution in [3.05, 3.63) is 53.5 Å². The predicted molar refractivity (Wildman–Crippen MR) is 75.9 cm³/mol. The van der Waals surface area contributed by atoms with Crippen molar-refractivity contribution in [2.45, 2.75) is 6.54 Å². The van der Waals surface area contributed by atoms with Crippen molar-refractivity contribution >= 4 is 11.7 Å². The summed E-state index contributed by atoms with van der Waals surface area (Å²) in [5.74, 6) is -0.783. The molecule has 0 saturated heterocycles. The van der Waals surface area contributed by atoms with Gasteiger partial charge in [-0.2, -0.15) is 0 Å². The Morgan fingerprint density at radius 1 is 1.29 bits per heavy atom. The third kappa shape index (κ3) is 3.68. The van der Waals surface area contributed by atoms with Gasteiger partial charge in [0.15, 0.2) is 0 Å². The molecule has 0 saturated carbocycles. The molecule has 0 bridgehead atoms. The van der Waals surface area contributed by atoms with E-state index in [4.69, 9.17) is 4.74 Å². The van der Waals surface area contributed by atoms with Crippen LogP contribution in [0.25, 0.3) is 0 Å². The average Bonchev–Trinajstić information content (AvgIpc) is 2.53. The number of benzene rings is 1. The molecule has 2 aromatic rings. The van der Waals surface area contributed by atoms with Crippen LogP contribution in [0.3, 0.4) is 0 Å². The van der Waals surface area contributed by atoms with Gasteiger partial charge in [0.25, 0.3) is 0 Å². The zero-order valence-electron chi connectivity index (χ0n) is 11.7. The van der Waals surface area contributed by atoms with Crippen LogP contribution in [0.15, 0.2) is 36.5 Å². The van der Waals surface area contributed by atoms with Gasteiger partial charge in [-0.3, -0.25) is 0 Å². The smallest absolute Gasteiger partial charge is 0.340 e. The molecule has 0 amide bonds. The fourth-order valence-electron chi connectivity index (χ4n) is 1.74. The number of esters is 1. The Balaban J connectivity index is 2.07. The molecule has 0 unspecified atom stereocenters. The molecule has 5 nitrogen and oxygen atoms in total. The Kier molecular flexibility index (Phi) is 4.71. The number of halogens is 1. The number of pyridine rings is 1. The number of ether oxygens (including phenoxy) is 2. The summed E-state index contributed by atoms with van der Waals surface area (Å²) in [5.41, 5.74) is 1.45. The Hall–Kier alpha value is -2.63. The van der Waals surface area contributed by atoms with E-state index in [-0.39, 0.29) is 5.56 Å². The number of methoxy groups -OCH3 is 2. The predicted octanol–water partition coefficient (Wildman–Crippen LogP) is 2.63. The number of carbonyl (C=O) groups excluding carboxylic acids is 1. The maximum Gasteiger partial charge on any atom is 0.340 e. The zero-order valence-corrected chi connectivity index (χ0v) is 11.7. The highest BCUT2D eigenvalue weighted by atomic mass is 19.1. The van der Waals surface area contributed by atoms with Crippen LogP contribution in [-0.2, 0) is 11.3 Å². The molecule has 2 rings (SSSR count). The van der Waals surface area contributed by atoms with Crippen molar-refractivity contribution in [3.8, 4) is 5.88 Å². The minimum Gasteiger partial charge on any atom is -0.481 e. The monoisotopic (exact) mass is 290 g/mol. The van der Waals surface area contributed by atoms with Crippen molar-refractivity contribution in [2.24, 2.45) is 0 Å². The van der Waals surface area contributed by atoms with E-state index in [1.54, 1.807) is 25.4 Å². The number of rotatable bonds is 5. The standard InChI is InChI=1S/C15H15FN2O3/c1-20-14-6-3-10(9-18-14)8-17-11-4-5-13(16)12(7-11)15(19)21-2/h3-7,9,17H,8H2,1-2H3. The SMILES string of the molecule is COC(=O)c1cc(NCc2ccc(OC)nc2)ccc1F. The summed E-state index contributed by atoms with van der Waals surface area (Å²) in [5, 5.41) is 3.09. The average molecular weight is 290 g/mol. The van der Waals surface area contributed by atoms with Gasteiger partial charge >= 0.3 is 5.97 Å². The second-order valence-electron chi connectivity index (χ2n) is 4.25. The topological polar surface area (TPSA) is 60.5 Å². The van der Waals surface area contributed by atoms with Gasteiger partial charge in [-0.15, -0.1) is 0 Å². The van der Waals surface area contributed by atoms with E-state index in [2.05, 4.69) is 15.0 Å². The van der Waals surface area contributed by atoms with Crippen LogP contribution >= 0.6 is 0 Å². The quantitative estimate of drug-likeness (QED) is 0.858. The van der Waals surface area contributed by atoms with Gasteiger partial charge < -0.3 is 14.8 Å². The fourth-order valence-corrected chi connectivity index (χ4v) is 1.74. The van der Waals surface area contributed by atoms with Gasteiger partial charge in [-0.05, 0) is 23.8 Å². The van der Waals surface area contributed by atoms with Crippen LogP contribution in [-0.4, -0.2) is 25.2 Å². The number of nitrogens with zero attached hydrogens (tertiary/aromatic N) is 1. The normalized spacial score (nSPS) is 10.0. The lowest BCUT2D eigenvalue weighted by molar-refractivity contribution is 0.0595. The van der Waals surface area contributed by atoms with Crippen molar-refractivity contribution in [1.82, 2.24) is 4.98 Å².